The maximum absolute atomic E-state index is 13.6. The van der Waals surface area contributed by atoms with Gasteiger partial charge >= 0.3 is 0 Å². The SMILES string of the molecule is O=C(CNc1cccc(Cl)c1F)Nc1cc(Cl)ccc1Cl. The third kappa shape index (κ3) is 4.24. The fourth-order valence-corrected chi connectivity index (χ4v) is 2.11. The van der Waals surface area contributed by atoms with E-state index in [1.807, 2.05) is 0 Å². The molecule has 0 saturated heterocycles. The van der Waals surface area contributed by atoms with Gasteiger partial charge in [-0.3, -0.25) is 4.79 Å². The summed E-state index contributed by atoms with van der Waals surface area (Å²) in [4.78, 5) is 11.8. The van der Waals surface area contributed by atoms with E-state index in [1.165, 1.54) is 18.2 Å². The van der Waals surface area contributed by atoms with Crippen molar-refractivity contribution < 1.29 is 9.18 Å². The average molecular weight is 348 g/mol. The molecule has 7 heteroatoms. The van der Waals surface area contributed by atoms with E-state index in [1.54, 1.807) is 18.2 Å². The van der Waals surface area contributed by atoms with Crippen LogP contribution < -0.4 is 10.6 Å². The Hall–Kier alpha value is -1.49. The molecule has 0 aromatic heterocycles. The van der Waals surface area contributed by atoms with Crippen LogP contribution in [0, 0.1) is 5.82 Å². The van der Waals surface area contributed by atoms with E-state index in [9.17, 15) is 9.18 Å². The zero-order chi connectivity index (χ0) is 15.4. The van der Waals surface area contributed by atoms with Crippen LogP contribution in [0.3, 0.4) is 0 Å². The van der Waals surface area contributed by atoms with Crippen molar-refractivity contribution >= 4 is 52.1 Å². The summed E-state index contributed by atoms with van der Waals surface area (Å²) in [5, 5.41) is 6.04. The van der Waals surface area contributed by atoms with Gasteiger partial charge in [-0.25, -0.2) is 4.39 Å². The lowest BCUT2D eigenvalue weighted by Gasteiger charge is -2.10. The van der Waals surface area contributed by atoms with Crippen LogP contribution in [-0.2, 0) is 4.79 Å². The number of benzene rings is 2. The molecule has 2 aromatic carbocycles. The second kappa shape index (κ2) is 6.98. The number of carbonyl (C=O) groups is 1. The highest BCUT2D eigenvalue weighted by Crippen LogP contribution is 2.25. The number of halogens is 4. The Bertz CT molecular complexity index is 679. The maximum atomic E-state index is 13.6. The fraction of sp³-hybridized carbons (Fsp3) is 0.0714. The minimum atomic E-state index is -0.604. The Kier molecular flexibility index (Phi) is 5.28. The number of amides is 1. The van der Waals surface area contributed by atoms with E-state index in [-0.39, 0.29) is 17.3 Å². The summed E-state index contributed by atoms with van der Waals surface area (Å²) < 4.78 is 13.6. The van der Waals surface area contributed by atoms with Gasteiger partial charge in [-0.15, -0.1) is 0 Å². The molecule has 1 amide bonds. The molecule has 21 heavy (non-hydrogen) atoms. The summed E-state index contributed by atoms with van der Waals surface area (Å²) in [7, 11) is 0. The first-order chi connectivity index (χ1) is 9.97. The van der Waals surface area contributed by atoms with E-state index in [0.29, 0.717) is 15.7 Å². The van der Waals surface area contributed by atoms with Crippen LogP contribution in [0.25, 0.3) is 0 Å². The number of hydrogen-bond acceptors (Lipinski definition) is 2. The van der Waals surface area contributed by atoms with Crippen molar-refractivity contribution in [2.45, 2.75) is 0 Å². The highest BCUT2D eigenvalue weighted by molar-refractivity contribution is 6.35. The van der Waals surface area contributed by atoms with Gasteiger partial charge in [-0.2, -0.15) is 0 Å². The van der Waals surface area contributed by atoms with Crippen molar-refractivity contribution in [3.63, 3.8) is 0 Å². The average Bonchev–Trinajstić information content (AvgIpc) is 2.44. The summed E-state index contributed by atoms with van der Waals surface area (Å²) in [6.45, 7) is -0.139. The standard InChI is InChI=1S/C14H10Cl3FN2O/c15-8-4-5-9(16)12(6-8)20-13(21)7-19-11-3-1-2-10(17)14(11)18/h1-6,19H,7H2,(H,20,21). The van der Waals surface area contributed by atoms with Crippen LogP contribution >= 0.6 is 34.8 Å². The summed E-state index contributed by atoms with van der Waals surface area (Å²) in [5.74, 6) is -0.994. The molecule has 2 N–H and O–H groups in total. The minimum Gasteiger partial charge on any atom is -0.374 e. The molecule has 3 nitrogen and oxygen atoms in total. The van der Waals surface area contributed by atoms with Crippen molar-refractivity contribution in [1.29, 1.82) is 0 Å². The molecule has 0 unspecified atom stereocenters. The first-order valence-electron chi connectivity index (χ1n) is 5.90. The molecular formula is C14H10Cl3FN2O. The van der Waals surface area contributed by atoms with Crippen molar-refractivity contribution in [3.8, 4) is 0 Å². The predicted octanol–water partition coefficient (Wildman–Crippen LogP) is 4.84. The van der Waals surface area contributed by atoms with Gasteiger partial charge < -0.3 is 10.6 Å². The Morgan fingerprint density at radius 3 is 2.57 bits per heavy atom. The molecule has 0 radical (unpaired) electrons. The largest absolute Gasteiger partial charge is 0.374 e. The molecule has 0 fully saturated rings. The quantitative estimate of drug-likeness (QED) is 0.831. The third-order valence-electron chi connectivity index (χ3n) is 2.59. The lowest BCUT2D eigenvalue weighted by molar-refractivity contribution is -0.114. The second-order valence-electron chi connectivity index (χ2n) is 4.13. The number of nitrogens with one attached hydrogen (secondary N) is 2. The summed E-state index contributed by atoms with van der Waals surface area (Å²) >= 11 is 17.4. The topological polar surface area (TPSA) is 41.1 Å². The molecular weight excluding hydrogens is 338 g/mol. The highest BCUT2D eigenvalue weighted by Gasteiger charge is 2.09. The van der Waals surface area contributed by atoms with Gasteiger partial charge in [-0.05, 0) is 30.3 Å². The highest BCUT2D eigenvalue weighted by atomic mass is 35.5. The normalized spacial score (nSPS) is 10.3. The fourth-order valence-electron chi connectivity index (χ4n) is 1.60. The van der Waals surface area contributed by atoms with Crippen molar-refractivity contribution in [3.05, 3.63) is 57.3 Å². The van der Waals surface area contributed by atoms with Gasteiger partial charge in [0.2, 0.25) is 5.91 Å². The Balaban J connectivity index is 1.99. The van der Waals surface area contributed by atoms with Gasteiger partial charge in [0.1, 0.15) is 0 Å². The lowest BCUT2D eigenvalue weighted by Crippen LogP contribution is -2.22. The number of carbonyl (C=O) groups excluding carboxylic acids is 1. The van der Waals surface area contributed by atoms with E-state index < -0.39 is 11.7 Å². The minimum absolute atomic E-state index is 0.0155. The van der Waals surface area contributed by atoms with E-state index in [2.05, 4.69) is 10.6 Å². The van der Waals surface area contributed by atoms with Gasteiger partial charge in [0, 0.05) is 5.02 Å². The molecule has 0 atom stereocenters. The molecule has 0 aliphatic heterocycles. The Morgan fingerprint density at radius 1 is 1.05 bits per heavy atom. The van der Waals surface area contributed by atoms with E-state index in [0.717, 1.165) is 0 Å². The monoisotopic (exact) mass is 346 g/mol. The summed E-state index contributed by atoms with van der Waals surface area (Å²) in [5.41, 5.74) is 0.539. The zero-order valence-corrected chi connectivity index (χ0v) is 12.9. The zero-order valence-electron chi connectivity index (χ0n) is 10.6. The summed E-state index contributed by atoms with van der Waals surface area (Å²) in [6, 6.07) is 9.21. The molecule has 0 saturated carbocycles. The lowest BCUT2D eigenvalue weighted by atomic mass is 10.3. The van der Waals surface area contributed by atoms with Crippen LogP contribution in [0.5, 0.6) is 0 Å². The maximum Gasteiger partial charge on any atom is 0.243 e. The summed E-state index contributed by atoms with van der Waals surface area (Å²) in [6.07, 6.45) is 0. The van der Waals surface area contributed by atoms with E-state index >= 15 is 0 Å². The van der Waals surface area contributed by atoms with Crippen LogP contribution in [0.2, 0.25) is 15.1 Å². The number of rotatable bonds is 4. The van der Waals surface area contributed by atoms with Crippen molar-refractivity contribution in [2.24, 2.45) is 0 Å². The van der Waals surface area contributed by atoms with Crippen LogP contribution in [0.4, 0.5) is 15.8 Å². The molecule has 0 spiro atoms. The number of hydrogen-bond donors (Lipinski definition) is 2. The van der Waals surface area contributed by atoms with Gasteiger partial charge in [-0.1, -0.05) is 40.9 Å². The second-order valence-corrected chi connectivity index (χ2v) is 5.38. The van der Waals surface area contributed by atoms with Crippen molar-refractivity contribution in [1.82, 2.24) is 0 Å². The molecule has 110 valence electrons. The molecule has 0 aliphatic rings. The Morgan fingerprint density at radius 2 is 1.81 bits per heavy atom. The van der Waals surface area contributed by atoms with Crippen LogP contribution in [0.1, 0.15) is 0 Å². The van der Waals surface area contributed by atoms with Crippen LogP contribution in [0.15, 0.2) is 36.4 Å². The van der Waals surface area contributed by atoms with Gasteiger partial charge in [0.05, 0.1) is 28.0 Å². The van der Waals surface area contributed by atoms with Gasteiger partial charge in [0.15, 0.2) is 5.82 Å². The van der Waals surface area contributed by atoms with Crippen LogP contribution in [-0.4, -0.2) is 12.5 Å². The first kappa shape index (κ1) is 15.9. The molecule has 0 aliphatic carbocycles. The first-order valence-corrected chi connectivity index (χ1v) is 7.03. The molecule has 0 bridgehead atoms. The van der Waals surface area contributed by atoms with Gasteiger partial charge in [0.25, 0.3) is 0 Å². The van der Waals surface area contributed by atoms with Crippen molar-refractivity contribution in [2.75, 3.05) is 17.2 Å². The molecule has 2 aromatic rings. The smallest absolute Gasteiger partial charge is 0.243 e. The predicted molar refractivity (Wildman–Crippen MR) is 85.0 cm³/mol. The molecule has 2 rings (SSSR count). The third-order valence-corrected chi connectivity index (χ3v) is 3.45. The molecule has 0 heterocycles. The number of anilines is 2. The Labute approximate surface area is 136 Å². The van der Waals surface area contributed by atoms with E-state index in [4.69, 9.17) is 34.8 Å².